The van der Waals surface area contributed by atoms with Crippen molar-refractivity contribution in [3.05, 3.63) is 0 Å². The summed E-state index contributed by atoms with van der Waals surface area (Å²) in [5.74, 6) is -0.967. The van der Waals surface area contributed by atoms with E-state index in [9.17, 15) is 14.7 Å². The van der Waals surface area contributed by atoms with E-state index in [0.717, 1.165) is 12.8 Å². The minimum atomic E-state index is -0.803. The number of nitrogens with zero attached hydrogens (tertiary/aromatic N) is 1. The lowest BCUT2D eigenvalue weighted by Crippen LogP contribution is -2.54. The van der Waals surface area contributed by atoms with Gasteiger partial charge in [0, 0.05) is 26.8 Å². The van der Waals surface area contributed by atoms with Gasteiger partial charge in [0.2, 0.25) is 5.91 Å². The number of carbonyl (C=O) groups excluding carboxylic acids is 1. The molecule has 2 atom stereocenters. The van der Waals surface area contributed by atoms with Gasteiger partial charge in [0.1, 0.15) is 0 Å². The van der Waals surface area contributed by atoms with Crippen molar-refractivity contribution >= 4 is 11.9 Å². The van der Waals surface area contributed by atoms with E-state index in [1.54, 1.807) is 12.0 Å². The number of hydrogen-bond donors (Lipinski definition) is 2. The zero-order valence-electron chi connectivity index (χ0n) is 12.4. The molecule has 116 valence electrons. The Kier molecular flexibility index (Phi) is 6.42. The lowest BCUT2D eigenvalue weighted by atomic mass is 9.76. The van der Waals surface area contributed by atoms with Crippen LogP contribution in [0.2, 0.25) is 0 Å². The summed E-state index contributed by atoms with van der Waals surface area (Å²) in [5, 5.41) is 9.51. The van der Waals surface area contributed by atoms with Gasteiger partial charge in [0.15, 0.2) is 0 Å². The minimum absolute atomic E-state index is 0.163. The molecule has 1 aliphatic rings. The molecule has 3 N–H and O–H groups in total. The monoisotopic (exact) mass is 286 g/mol. The molecule has 6 nitrogen and oxygen atoms in total. The van der Waals surface area contributed by atoms with Crippen LogP contribution in [-0.4, -0.2) is 54.7 Å². The van der Waals surface area contributed by atoms with Gasteiger partial charge in [-0.15, -0.1) is 0 Å². The number of nitrogens with two attached hydrogens (primary N) is 1. The Labute approximate surface area is 120 Å². The number of methoxy groups -OCH3 is 1. The van der Waals surface area contributed by atoms with Crippen LogP contribution in [0.3, 0.4) is 0 Å². The number of rotatable bonds is 7. The van der Waals surface area contributed by atoms with E-state index in [-0.39, 0.29) is 12.5 Å². The standard InChI is InChI=1S/C14H26N2O4/c1-3-6-14(13(18)19)7-4-8-16(10-14)12(17)11(15)5-9-20-2/h11H,3-10,15H2,1-2H3,(H,18,19). The zero-order valence-corrected chi connectivity index (χ0v) is 12.4. The molecule has 1 rings (SSSR count). The maximum atomic E-state index is 12.3. The molecular weight excluding hydrogens is 260 g/mol. The van der Waals surface area contributed by atoms with Gasteiger partial charge in [-0.25, -0.2) is 0 Å². The van der Waals surface area contributed by atoms with Gasteiger partial charge in [0.25, 0.3) is 0 Å². The van der Waals surface area contributed by atoms with E-state index in [1.165, 1.54) is 0 Å². The van der Waals surface area contributed by atoms with Crippen molar-refractivity contribution < 1.29 is 19.4 Å². The molecule has 6 heteroatoms. The van der Waals surface area contributed by atoms with E-state index < -0.39 is 17.4 Å². The highest BCUT2D eigenvalue weighted by Gasteiger charge is 2.43. The molecule has 1 fully saturated rings. The molecule has 0 bridgehead atoms. The van der Waals surface area contributed by atoms with Crippen LogP contribution in [0.4, 0.5) is 0 Å². The van der Waals surface area contributed by atoms with Crippen molar-refractivity contribution in [1.82, 2.24) is 4.90 Å². The minimum Gasteiger partial charge on any atom is -0.481 e. The summed E-state index contributed by atoms with van der Waals surface area (Å²) in [4.78, 5) is 25.5. The molecule has 1 amide bonds. The number of piperidine rings is 1. The van der Waals surface area contributed by atoms with Crippen LogP contribution in [0.1, 0.15) is 39.0 Å². The average molecular weight is 286 g/mol. The van der Waals surface area contributed by atoms with Crippen LogP contribution < -0.4 is 5.73 Å². The van der Waals surface area contributed by atoms with Gasteiger partial charge in [0.05, 0.1) is 11.5 Å². The second kappa shape index (κ2) is 7.59. The summed E-state index contributed by atoms with van der Waals surface area (Å²) in [6.45, 7) is 3.27. The molecule has 1 aliphatic heterocycles. The number of aliphatic carboxylic acids is 1. The van der Waals surface area contributed by atoms with Crippen LogP contribution in [0.15, 0.2) is 0 Å². The van der Waals surface area contributed by atoms with E-state index in [4.69, 9.17) is 10.5 Å². The molecule has 0 spiro atoms. The molecule has 0 aromatic heterocycles. The van der Waals surface area contributed by atoms with Gasteiger partial charge in [-0.2, -0.15) is 0 Å². The molecule has 0 aromatic carbocycles. The smallest absolute Gasteiger partial charge is 0.311 e. The highest BCUT2D eigenvalue weighted by Crippen LogP contribution is 2.35. The number of carboxylic acids is 1. The SMILES string of the molecule is CCCC1(C(=O)O)CCCN(C(=O)C(N)CCOC)C1. The highest BCUT2D eigenvalue weighted by atomic mass is 16.5. The van der Waals surface area contributed by atoms with Gasteiger partial charge >= 0.3 is 5.97 Å². The zero-order chi connectivity index (χ0) is 15.2. The molecular formula is C14H26N2O4. The summed E-state index contributed by atoms with van der Waals surface area (Å²) in [7, 11) is 1.56. The molecule has 1 saturated heterocycles. The third-order valence-electron chi connectivity index (χ3n) is 4.02. The van der Waals surface area contributed by atoms with Gasteiger partial charge < -0.3 is 20.5 Å². The Hall–Kier alpha value is -1.14. The van der Waals surface area contributed by atoms with E-state index in [2.05, 4.69) is 0 Å². The summed E-state index contributed by atoms with van der Waals surface area (Å²) in [5.41, 5.74) is 5.05. The number of ether oxygens (including phenoxy) is 1. The van der Waals surface area contributed by atoms with E-state index in [1.807, 2.05) is 6.92 Å². The number of carboxylic acid groups (broad SMARTS) is 1. The van der Waals surface area contributed by atoms with Crippen molar-refractivity contribution in [1.29, 1.82) is 0 Å². The number of amides is 1. The highest BCUT2D eigenvalue weighted by molar-refractivity contribution is 5.83. The van der Waals surface area contributed by atoms with Crippen molar-refractivity contribution in [2.24, 2.45) is 11.1 Å². The number of likely N-dealkylation sites (tertiary alicyclic amines) is 1. The third-order valence-corrected chi connectivity index (χ3v) is 4.02. The second-order valence-electron chi connectivity index (χ2n) is 5.59. The quantitative estimate of drug-likeness (QED) is 0.723. The average Bonchev–Trinajstić information content (AvgIpc) is 2.44. The molecule has 20 heavy (non-hydrogen) atoms. The molecule has 1 heterocycles. The Balaban J connectivity index is 2.72. The Bertz CT molecular complexity index is 344. The van der Waals surface area contributed by atoms with E-state index >= 15 is 0 Å². The summed E-state index contributed by atoms with van der Waals surface area (Å²) in [6, 6.07) is -0.610. The van der Waals surface area contributed by atoms with Crippen molar-refractivity contribution in [3.63, 3.8) is 0 Å². The van der Waals surface area contributed by atoms with Crippen molar-refractivity contribution in [3.8, 4) is 0 Å². The number of carbonyl (C=O) groups is 2. The molecule has 0 aromatic rings. The summed E-state index contributed by atoms with van der Waals surface area (Å²) in [6.07, 6.45) is 3.20. The van der Waals surface area contributed by atoms with Crippen LogP contribution in [0, 0.1) is 5.41 Å². The first-order valence-electron chi connectivity index (χ1n) is 7.23. The normalized spacial score (nSPS) is 24.4. The Morgan fingerprint density at radius 1 is 1.50 bits per heavy atom. The third kappa shape index (κ3) is 3.93. The maximum Gasteiger partial charge on any atom is 0.311 e. The largest absolute Gasteiger partial charge is 0.481 e. The fourth-order valence-corrected chi connectivity index (χ4v) is 2.89. The second-order valence-corrected chi connectivity index (χ2v) is 5.59. The lowest BCUT2D eigenvalue weighted by Gasteiger charge is -2.40. The molecule has 0 saturated carbocycles. The van der Waals surface area contributed by atoms with Crippen LogP contribution >= 0.6 is 0 Å². The molecule has 0 radical (unpaired) electrons. The Morgan fingerprint density at radius 3 is 2.75 bits per heavy atom. The van der Waals surface area contributed by atoms with Gasteiger partial charge in [-0.1, -0.05) is 13.3 Å². The fourth-order valence-electron chi connectivity index (χ4n) is 2.89. The first-order valence-corrected chi connectivity index (χ1v) is 7.23. The first kappa shape index (κ1) is 16.9. The fraction of sp³-hybridized carbons (Fsp3) is 0.857. The Morgan fingerprint density at radius 2 is 2.20 bits per heavy atom. The van der Waals surface area contributed by atoms with Crippen molar-refractivity contribution in [2.75, 3.05) is 26.8 Å². The van der Waals surface area contributed by atoms with Crippen LogP contribution in [-0.2, 0) is 14.3 Å². The van der Waals surface area contributed by atoms with Crippen molar-refractivity contribution in [2.45, 2.75) is 45.1 Å². The predicted octanol–water partition coefficient (Wildman–Crippen LogP) is 0.844. The first-order chi connectivity index (χ1) is 9.46. The molecule has 0 aliphatic carbocycles. The molecule has 2 unspecified atom stereocenters. The maximum absolute atomic E-state index is 12.3. The van der Waals surface area contributed by atoms with E-state index in [0.29, 0.717) is 32.4 Å². The summed E-state index contributed by atoms with van der Waals surface area (Å²) < 4.78 is 4.92. The predicted molar refractivity (Wildman–Crippen MR) is 75.3 cm³/mol. The lowest BCUT2D eigenvalue weighted by molar-refractivity contribution is -0.156. The van der Waals surface area contributed by atoms with Crippen LogP contribution in [0.5, 0.6) is 0 Å². The summed E-state index contributed by atoms with van der Waals surface area (Å²) >= 11 is 0. The van der Waals surface area contributed by atoms with Crippen LogP contribution in [0.25, 0.3) is 0 Å². The van der Waals surface area contributed by atoms with Gasteiger partial charge in [-0.05, 0) is 25.7 Å². The topological polar surface area (TPSA) is 92.9 Å². The van der Waals surface area contributed by atoms with Gasteiger partial charge in [-0.3, -0.25) is 9.59 Å². The number of hydrogen-bond acceptors (Lipinski definition) is 4.